The van der Waals surface area contributed by atoms with Gasteiger partial charge in [0.15, 0.2) is 5.25 Å². The molecule has 0 bridgehead atoms. The van der Waals surface area contributed by atoms with Gasteiger partial charge in [-0.2, -0.15) is 8.42 Å². The zero-order chi connectivity index (χ0) is 17.3. The van der Waals surface area contributed by atoms with Crippen LogP contribution in [0, 0.1) is 11.8 Å². The minimum atomic E-state index is -4.73. The van der Waals surface area contributed by atoms with Crippen LogP contribution in [0.4, 0.5) is 0 Å². The molecule has 22 heavy (non-hydrogen) atoms. The lowest BCUT2D eigenvalue weighted by molar-refractivity contribution is -0.150. The Bertz CT molecular complexity index is 454. The molecule has 0 aromatic carbocycles. The first-order valence-corrected chi connectivity index (χ1v) is 8.83. The SMILES string of the molecule is CC(C)CCOC(=O)C[C@@H](C(=O)OCCC(C)C)S(=O)(=O)O. The summed E-state index contributed by atoms with van der Waals surface area (Å²) in [6.07, 6.45) is 0.432. The van der Waals surface area contributed by atoms with E-state index in [9.17, 15) is 18.0 Å². The van der Waals surface area contributed by atoms with Crippen LogP contribution in [0.1, 0.15) is 47.0 Å². The predicted octanol–water partition coefficient (Wildman–Crippen LogP) is 1.81. The first-order chi connectivity index (χ1) is 10.0. The van der Waals surface area contributed by atoms with Gasteiger partial charge in [-0.1, -0.05) is 27.7 Å². The molecule has 0 unspecified atom stereocenters. The third kappa shape index (κ3) is 9.73. The predicted molar refractivity (Wildman–Crippen MR) is 80.8 cm³/mol. The van der Waals surface area contributed by atoms with E-state index in [2.05, 4.69) is 0 Å². The van der Waals surface area contributed by atoms with Crippen molar-refractivity contribution in [2.24, 2.45) is 11.8 Å². The normalized spacial score (nSPS) is 13.2. The second kappa shape index (κ2) is 9.78. The van der Waals surface area contributed by atoms with Gasteiger partial charge >= 0.3 is 11.9 Å². The van der Waals surface area contributed by atoms with Crippen LogP contribution < -0.4 is 0 Å². The smallest absolute Gasteiger partial charge is 0.327 e. The molecule has 0 amide bonds. The van der Waals surface area contributed by atoms with Crippen molar-refractivity contribution in [1.29, 1.82) is 0 Å². The Labute approximate surface area is 132 Å². The molecule has 0 aliphatic heterocycles. The van der Waals surface area contributed by atoms with Crippen molar-refractivity contribution in [3.8, 4) is 0 Å². The first-order valence-electron chi connectivity index (χ1n) is 7.32. The van der Waals surface area contributed by atoms with E-state index in [4.69, 9.17) is 14.0 Å². The standard InChI is InChI=1S/C14H26O7S/c1-10(2)5-7-20-13(15)9-12(22(17,18)19)14(16)21-8-6-11(3)4/h10-12H,5-9H2,1-4H3,(H,17,18,19)/t12-/m0/s1. The van der Waals surface area contributed by atoms with Crippen LogP contribution in [0.5, 0.6) is 0 Å². The van der Waals surface area contributed by atoms with E-state index in [1.807, 2.05) is 27.7 Å². The molecule has 0 rings (SSSR count). The molecule has 0 aromatic rings. The summed E-state index contributed by atoms with van der Waals surface area (Å²) in [5, 5.41) is -1.94. The quantitative estimate of drug-likeness (QED) is 0.478. The monoisotopic (exact) mass is 338 g/mol. The summed E-state index contributed by atoms with van der Waals surface area (Å²) < 4.78 is 41.2. The maximum Gasteiger partial charge on any atom is 0.327 e. The molecule has 130 valence electrons. The number of ether oxygens (including phenoxy) is 2. The Hall–Kier alpha value is -1.15. The largest absolute Gasteiger partial charge is 0.466 e. The van der Waals surface area contributed by atoms with Crippen LogP contribution in [0.2, 0.25) is 0 Å². The van der Waals surface area contributed by atoms with Crippen molar-refractivity contribution in [1.82, 2.24) is 0 Å². The molecule has 0 heterocycles. The summed E-state index contributed by atoms with van der Waals surface area (Å²) in [7, 11) is -4.73. The van der Waals surface area contributed by atoms with E-state index >= 15 is 0 Å². The lowest BCUT2D eigenvalue weighted by Crippen LogP contribution is -2.34. The molecule has 0 aliphatic rings. The zero-order valence-electron chi connectivity index (χ0n) is 13.6. The van der Waals surface area contributed by atoms with Crippen molar-refractivity contribution >= 4 is 22.1 Å². The van der Waals surface area contributed by atoms with Crippen molar-refractivity contribution in [3.63, 3.8) is 0 Å². The molecule has 0 saturated carbocycles. The van der Waals surface area contributed by atoms with Crippen LogP contribution >= 0.6 is 0 Å². The maximum atomic E-state index is 11.7. The fraction of sp³-hybridized carbons (Fsp3) is 0.857. The number of esters is 2. The highest BCUT2D eigenvalue weighted by atomic mass is 32.2. The van der Waals surface area contributed by atoms with Gasteiger partial charge in [-0.05, 0) is 24.7 Å². The van der Waals surface area contributed by atoms with Gasteiger partial charge in [0.1, 0.15) is 0 Å². The van der Waals surface area contributed by atoms with E-state index in [1.54, 1.807) is 0 Å². The maximum absolute atomic E-state index is 11.7. The highest BCUT2D eigenvalue weighted by Crippen LogP contribution is 2.10. The number of hydrogen-bond acceptors (Lipinski definition) is 6. The highest BCUT2D eigenvalue weighted by Gasteiger charge is 2.35. The van der Waals surface area contributed by atoms with Crippen LogP contribution in [-0.4, -0.2) is 43.4 Å². The third-order valence-corrected chi connectivity index (χ3v) is 3.95. The summed E-state index contributed by atoms with van der Waals surface area (Å²) in [5.41, 5.74) is 0. The molecule has 0 spiro atoms. The zero-order valence-corrected chi connectivity index (χ0v) is 14.4. The lowest BCUT2D eigenvalue weighted by atomic mass is 10.1. The number of carbonyl (C=O) groups excluding carboxylic acids is 2. The van der Waals surface area contributed by atoms with Gasteiger partial charge in [0, 0.05) is 0 Å². The van der Waals surface area contributed by atoms with Crippen molar-refractivity contribution in [3.05, 3.63) is 0 Å². The first kappa shape index (κ1) is 20.9. The number of rotatable bonds is 10. The average molecular weight is 338 g/mol. The van der Waals surface area contributed by atoms with Gasteiger partial charge in [0.25, 0.3) is 10.1 Å². The summed E-state index contributed by atoms with van der Waals surface area (Å²) in [6.45, 7) is 7.89. The molecular weight excluding hydrogens is 312 g/mol. The van der Waals surface area contributed by atoms with Gasteiger partial charge < -0.3 is 9.47 Å². The van der Waals surface area contributed by atoms with Gasteiger partial charge in [0.05, 0.1) is 19.6 Å². The molecule has 1 atom stereocenters. The van der Waals surface area contributed by atoms with E-state index in [1.165, 1.54) is 0 Å². The van der Waals surface area contributed by atoms with E-state index in [0.29, 0.717) is 18.8 Å². The molecule has 8 heteroatoms. The molecule has 0 aliphatic carbocycles. The Balaban J connectivity index is 4.53. The van der Waals surface area contributed by atoms with Gasteiger partial charge in [-0.15, -0.1) is 0 Å². The van der Waals surface area contributed by atoms with E-state index in [0.717, 1.165) is 0 Å². The molecule has 0 fully saturated rings. The topological polar surface area (TPSA) is 107 Å². The molecule has 0 radical (unpaired) electrons. The molecular formula is C14H26O7S. The summed E-state index contributed by atoms with van der Waals surface area (Å²) in [6, 6.07) is 0. The molecule has 1 N–H and O–H groups in total. The fourth-order valence-corrected chi connectivity index (χ4v) is 2.08. The Kier molecular flexibility index (Phi) is 9.27. The van der Waals surface area contributed by atoms with Gasteiger partial charge in [-0.25, -0.2) is 0 Å². The highest BCUT2D eigenvalue weighted by molar-refractivity contribution is 7.87. The Morgan fingerprint density at radius 3 is 1.82 bits per heavy atom. The summed E-state index contributed by atoms with van der Waals surface area (Å²) in [4.78, 5) is 23.3. The van der Waals surface area contributed by atoms with Crippen LogP contribution in [-0.2, 0) is 29.2 Å². The number of carbonyl (C=O) groups is 2. The van der Waals surface area contributed by atoms with Gasteiger partial charge in [-0.3, -0.25) is 14.1 Å². The molecule has 0 saturated heterocycles. The number of hydrogen-bond donors (Lipinski definition) is 1. The van der Waals surface area contributed by atoms with Crippen molar-refractivity contribution in [2.45, 2.75) is 52.2 Å². The molecule has 0 aromatic heterocycles. The minimum Gasteiger partial charge on any atom is -0.466 e. The third-order valence-electron chi connectivity index (χ3n) is 2.87. The van der Waals surface area contributed by atoms with Crippen molar-refractivity contribution < 1.29 is 32.0 Å². The summed E-state index contributed by atoms with van der Waals surface area (Å²) in [5.74, 6) is -1.39. The second-order valence-corrected chi connectivity index (χ2v) is 7.56. The van der Waals surface area contributed by atoms with Crippen LogP contribution in [0.25, 0.3) is 0 Å². The second-order valence-electron chi connectivity index (χ2n) is 5.96. The van der Waals surface area contributed by atoms with Crippen LogP contribution in [0.15, 0.2) is 0 Å². The minimum absolute atomic E-state index is 0.0327. The molecule has 7 nitrogen and oxygen atoms in total. The van der Waals surface area contributed by atoms with Crippen molar-refractivity contribution in [2.75, 3.05) is 13.2 Å². The average Bonchev–Trinajstić information content (AvgIpc) is 2.33. The lowest BCUT2D eigenvalue weighted by Gasteiger charge is -2.14. The van der Waals surface area contributed by atoms with Crippen LogP contribution in [0.3, 0.4) is 0 Å². The van der Waals surface area contributed by atoms with E-state index < -0.39 is 33.7 Å². The van der Waals surface area contributed by atoms with Gasteiger partial charge in [0.2, 0.25) is 0 Å². The van der Waals surface area contributed by atoms with E-state index in [-0.39, 0.29) is 19.1 Å². The Morgan fingerprint density at radius 1 is 0.955 bits per heavy atom. The fourth-order valence-electron chi connectivity index (χ4n) is 1.42. The summed E-state index contributed by atoms with van der Waals surface area (Å²) >= 11 is 0. The Morgan fingerprint density at radius 2 is 1.41 bits per heavy atom.